The summed E-state index contributed by atoms with van der Waals surface area (Å²) < 4.78 is 10.4. The molecule has 2 aromatic rings. The van der Waals surface area contributed by atoms with Crippen molar-refractivity contribution in [3.63, 3.8) is 0 Å². The maximum Gasteiger partial charge on any atom is 0.263 e. The summed E-state index contributed by atoms with van der Waals surface area (Å²) in [5, 5.41) is 5.80. The lowest BCUT2D eigenvalue weighted by molar-refractivity contribution is -0.138. The summed E-state index contributed by atoms with van der Waals surface area (Å²) >= 11 is 5.97. The Hall–Kier alpha value is -3.06. The molecule has 0 saturated carbocycles. The molecule has 1 fully saturated rings. The zero-order valence-corrected chi connectivity index (χ0v) is 15.6. The Bertz CT molecular complexity index is 878. The molecule has 0 bridgehead atoms. The Morgan fingerprint density at radius 3 is 2.33 bits per heavy atom. The van der Waals surface area contributed by atoms with E-state index < -0.39 is 0 Å². The minimum absolute atomic E-state index is 0.0993. The van der Waals surface area contributed by atoms with Crippen LogP contribution in [-0.4, -0.2) is 50.3 Å². The fraction of sp³-hybridized carbons (Fsp3) is 0.211. The van der Waals surface area contributed by atoms with Crippen molar-refractivity contribution < 1.29 is 19.1 Å². The Morgan fingerprint density at radius 1 is 1.00 bits per heavy atom. The Morgan fingerprint density at radius 2 is 1.70 bits per heavy atom. The second-order valence-electron chi connectivity index (χ2n) is 5.80. The van der Waals surface area contributed by atoms with Crippen LogP contribution in [0.3, 0.4) is 0 Å². The van der Waals surface area contributed by atoms with Crippen LogP contribution in [0.5, 0.6) is 11.5 Å². The fourth-order valence-electron chi connectivity index (χ4n) is 2.63. The number of carbonyl (C=O) groups excluding carboxylic acids is 2. The van der Waals surface area contributed by atoms with E-state index in [1.54, 1.807) is 56.7 Å². The van der Waals surface area contributed by atoms with Gasteiger partial charge in [0.2, 0.25) is 5.91 Å². The van der Waals surface area contributed by atoms with Gasteiger partial charge in [0.15, 0.2) is 0 Å². The van der Waals surface area contributed by atoms with Gasteiger partial charge in [-0.1, -0.05) is 17.7 Å². The predicted molar refractivity (Wildman–Crippen MR) is 103 cm³/mol. The predicted octanol–water partition coefficient (Wildman–Crippen LogP) is 2.57. The summed E-state index contributed by atoms with van der Waals surface area (Å²) in [5.74, 6) is 0.672. The van der Waals surface area contributed by atoms with E-state index in [2.05, 4.69) is 5.10 Å². The second kappa shape index (κ2) is 8.09. The highest BCUT2D eigenvalue weighted by molar-refractivity contribution is 6.31. The van der Waals surface area contributed by atoms with E-state index in [1.807, 2.05) is 0 Å². The molecular weight excluding hydrogens is 370 g/mol. The fourth-order valence-corrected chi connectivity index (χ4v) is 2.82. The van der Waals surface area contributed by atoms with Crippen LogP contribution in [0.1, 0.15) is 5.56 Å². The molecule has 7 nitrogen and oxygen atoms in total. The zero-order valence-electron chi connectivity index (χ0n) is 14.9. The molecule has 0 N–H and O–H groups in total. The van der Waals surface area contributed by atoms with Crippen LogP contribution in [0.25, 0.3) is 0 Å². The summed E-state index contributed by atoms with van der Waals surface area (Å²) in [4.78, 5) is 26.3. The third kappa shape index (κ3) is 4.38. The van der Waals surface area contributed by atoms with Crippen molar-refractivity contribution >= 4 is 35.3 Å². The number of carbonyl (C=O) groups is 2. The first-order valence-corrected chi connectivity index (χ1v) is 8.51. The molecule has 0 spiro atoms. The highest BCUT2D eigenvalue weighted by Gasteiger charge is 2.30. The maximum absolute atomic E-state index is 12.4. The lowest BCUT2D eigenvalue weighted by Crippen LogP contribution is -2.52. The van der Waals surface area contributed by atoms with Gasteiger partial charge in [-0.15, -0.1) is 0 Å². The lowest BCUT2D eigenvalue weighted by Gasteiger charge is -2.31. The van der Waals surface area contributed by atoms with Gasteiger partial charge in [-0.2, -0.15) is 5.10 Å². The summed E-state index contributed by atoms with van der Waals surface area (Å²) in [6.07, 6.45) is 1.49. The van der Waals surface area contributed by atoms with Gasteiger partial charge >= 0.3 is 0 Å². The number of benzene rings is 2. The molecule has 0 aromatic heterocycles. The molecule has 0 atom stereocenters. The van der Waals surface area contributed by atoms with Crippen LogP contribution in [0, 0.1) is 0 Å². The van der Waals surface area contributed by atoms with Crippen LogP contribution >= 0.6 is 11.6 Å². The quantitative estimate of drug-likeness (QED) is 0.739. The summed E-state index contributed by atoms with van der Waals surface area (Å²) in [6, 6.07) is 12.1. The van der Waals surface area contributed by atoms with Crippen LogP contribution in [0.15, 0.2) is 47.6 Å². The topological polar surface area (TPSA) is 71.4 Å². The Balaban J connectivity index is 1.75. The Kier molecular flexibility index (Phi) is 5.61. The molecule has 8 heteroatoms. The number of amides is 2. The number of piperazine rings is 1. The van der Waals surface area contributed by atoms with Crippen LogP contribution < -0.4 is 14.4 Å². The molecule has 1 aliphatic heterocycles. The molecule has 1 saturated heterocycles. The van der Waals surface area contributed by atoms with Crippen molar-refractivity contribution in [3.05, 3.63) is 53.1 Å². The number of ether oxygens (including phenoxy) is 2. The van der Waals surface area contributed by atoms with Crippen molar-refractivity contribution in [1.82, 2.24) is 5.01 Å². The molecule has 0 radical (unpaired) electrons. The molecule has 0 aliphatic carbocycles. The number of hydrogen-bond donors (Lipinski definition) is 0. The number of rotatable bonds is 5. The molecular formula is C19H18ClN3O4. The molecule has 27 heavy (non-hydrogen) atoms. The van der Waals surface area contributed by atoms with Gasteiger partial charge in [0.1, 0.15) is 24.6 Å². The van der Waals surface area contributed by atoms with E-state index in [0.29, 0.717) is 27.8 Å². The van der Waals surface area contributed by atoms with E-state index in [1.165, 1.54) is 11.1 Å². The maximum atomic E-state index is 12.4. The number of halogens is 1. The normalized spacial score (nSPS) is 14.8. The molecule has 1 aliphatic rings. The molecule has 140 valence electrons. The van der Waals surface area contributed by atoms with Gasteiger partial charge < -0.3 is 14.4 Å². The monoisotopic (exact) mass is 387 g/mol. The molecule has 1 heterocycles. The van der Waals surface area contributed by atoms with Gasteiger partial charge in [0.25, 0.3) is 5.91 Å². The lowest BCUT2D eigenvalue weighted by atomic mass is 10.2. The van der Waals surface area contributed by atoms with Crippen LogP contribution in [-0.2, 0) is 9.59 Å². The number of hydrogen-bond acceptors (Lipinski definition) is 5. The van der Waals surface area contributed by atoms with Crippen molar-refractivity contribution in [3.8, 4) is 11.5 Å². The van der Waals surface area contributed by atoms with Crippen molar-refractivity contribution in [1.29, 1.82) is 0 Å². The number of hydrazone groups is 1. The zero-order chi connectivity index (χ0) is 19.4. The average Bonchev–Trinajstić information content (AvgIpc) is 2.67. The third-order valence-electron chi connectivity index (χ3n) is 4.01. The summed E-state index contributed by atoms with van der Waals surface area (Å²) in [7, 11) is 3.10. The molecule has 3 rings (SSSR count). The minimum Gasteiger partial charge on any atom is -0.497 e. The van der Waals surface area contributed by atoms with Gasteiger partial charge in [-0.25, -0.2) is 5.01 Å². The first-order chi connectivity index (χ1) is 13.0. The Labute approximate surface area is 161 Å². The van der Waals surface area contributed by atoms with Gasteiger partial charge in [0, 0.05) is 22.3 Å². The smallest absolute Gasteiger partial charge is 0.263 e. The number of methoxy groups -OCH3 is 2. The largest absolute Gasteiger partial charge is 0.497 e. The van der Waals surface area contributed by atoms with Crippen molar-refractivity contribution in [2.45, 2.75) is 0 Å². The second-order valence-corrected chi connectivity index (χ2v) is 6.24. The van der Waals surface area contributed by atoms with Gasteiger partial charge in [0.05, 0.1) is 20.4 Å². The molecule has 2 amide bonds. The van der Waals surface area contributed by atoms with Crippen LogP contribution in [0.4, 0.5) is 5.69 Å². The molecule has 2 aromatic carbocycles. The van der Waals surface area contributed by atoms with Gasteiger partial charge in [-0.05, 0) is 30.3 Å². The highest BCUT2D eigenvalue weighted by atomic mass is 35.5. The first kappa shape index (κ1) is 18.7. The van der Waals surface area contributed by atoms with Crippen molar-refractivity contribution in [2.75, 3.05) is 32.2 Å². The standard InChI is InChI=1S/C19H18ClN3O4/c1-26-16-6-13(7-17(9-16)27-2)10-21-23-12-18(24)22(11-19(23)25)15-5-3-4-14(20)8-15/h3-10H,11-12H2,1-2H3/b21-10+. The summed E-state index contributed by atoms with van der Waals surface area (Å²) in [6.45, 7) is -0.249. The summed E-state index contributed by atoms with van der Waals surface area (Å²) in [5.41, 5.74) is 1.27. The third-order valence-corrected chi connectivity index (χ3v) is 4.24. The van der Waals surface area contributed by atoms with Gasteiger partial charge in [-0.3, -0.25) is 9.59 Å². The van der Waals surface area contributed by atoms with Crippen molar-refractivity contribution in [2.24, 2.45) is 5.10 Å². The number of anilines is 1. The minimum atomic E-state index is -0.291. The average molecular weight is 388 g/mol. The SMILES string of the molecule is COc1cc(/C=N/N2CC(=O)N(c3cccc(Cl)c3)CC2=O)cc(OC)c1. The number of nitrogens with zero attached hydrogens (tertiary/aromatic N) is 3. The van der Waals surface area contributed by atoms with E-state index in [9.17, 15) is 9.59 Å². The van der Waals surface area contributed by atoms with Crippen LogP contribution in [0.2, 0.25) is 5.02 Å². The van der Waals surface area contributed by atoms with E-state index in [-0.39, 0.29) is 24.9 Å². The molecule has 0 unspecified atom stereocenters. The first-order valence-electron chi connectivity index (χ1n) is 8.13. The van der Waals surface area contributed by atoms with E-state index >= 15 is 0 Å². The highest BCUT2D eigenvalue weighted by Crippen LogP contribution is 2.23. The van der Waals surface area contributed by atoms with E-state index in [4.69, 9.17) is 21.1 Å². The van der Waals surface area contributed by atoms with E-state index in [0.717, 1.165) is 5.01 Å².